The molecule has 0 fully saturated rings. The third-order valence-corrected chi connectivity index (χ3v) is 5.50. The summed E-state index contributed by atoms with van der Waals surface area (Å²) in [4.78, 5) is -0.648. The molecule has 0 amide bonds. The topological polar surface area (TPSA) is 92.4 Å². The number of hydrogen-bond acceptors (Lipinski definition) is 4. The fourth-order valence-corrected chi connectivity index (χ4v) is 3.46. The molecule has 0 aromatic heterocycles. The lowest BCUT2D eigenvalue weighted by atomic mass is 10.1. The van der Waals surface area contributed by atoms with Gasteiger partial charge >= 0.3 is 0 Å². The highest BCUT2D eigenvalue weighted by Crippen LogP contribution is 2.34. The molecule has 0 saturated heterocycles. The predicted molar refractivity (Wildman–Crippen MR) is 84.2 cm³/mol. The number of aliphatic hydroxyl groups excluding tert-OH is 1. The molecule has 0 saturated carbocycles. The van der Waals surface area contributed by atoms with E-state index < -0.39 is 26.8 Å². The smallest absolute Gasteiger partial charge is 0.243 e. The van der Waals surface area contributed by atoms with Crippen molar-refractivity contribution in [2.45, 2.75) is 31.3 Å². The molecule has 5 nitrogen and oxygen atoms in total. The van der Waals surface area contributed by atoms with E-state index in [-0.39, 0.29) is 27.6 Å². The molecular formula is C12H17BrClFN2O3S. The fraction of sp³-hybridized carbons (Fsp3) is 0.500. The van der Waals surface area contributed by atoms with Gasteiger partial charge in [-0.3, -0.25) is 0 Å². The second-order valence-corrected chi connectivity index (χ2v) is 7.97. The summed E-state index contributed by atoms with van der Waals surface area (Å²) in [6.07, 6.45) is -0.431. The van der Waals surface area contributed by atoms with Gasteiger partial charge in [-0.05, 0) is 34.3 Å². The van der Waals surface area contributed by atoms with Crippen molar-refractivity contribution in [1.82, 2.24) is 4.72 Å². The van der Waals surface area contributed by atoms with Crippen LogP contribution >= 0.6 is 27.5 Å². The Morgan fingerprint density at radius 1 is 1.52 bits per heavy atom. The third-order valence-electron chi connectivity index (χ3n) is 2.70. The van der Waals surface area contributed by atoms with Crippen molar-refractivity contribution in [1.29, 1.82) is 0 Å². The SMILES string of the molecule is CC(C)CC(O)CNS(=O)(=O)c1cc(Cl)c(Br)c(N)c1F. The van der Waals surface area contributed by atoms with Crippen molar-refractivity contribution in [3.8, 4) is 0 Å². The normalized spacial score (nSPS) is 13.7. The molecule has 9 heteroatoms. The van der Waals surface area contributed by atoms with Crippen LogP contribution in [-0.2, 0) is 10.0 Å². The van der Waals surface area contributed by atoms with Crippen LogP contribution in [0, 0.1) is 11.7 Å². The van der Waals surface area contributed by atoms with Crippen molar-refractivity contribution in [2.75, 3.05) is 12.3 Å². The largest absolute Gasteiger partial charge is 0.395 e. The van der Waals surface area contributed by atoms with E-state index in [9.17, 15) is 17.9 Å². The van der Waals surface area contributed by atoms with Gasteiger partial charge in [-0.25, -0.2) is 17.5 Å². The van der Waals surface area contributed by atoms with Gasteiger partial charge in [0.05, 0.1) is 21.3 Å². The Bertz CT molecular complexity index is 625. The number of rotatable bonds is 6. The van der Waals surface area contributed by atoms with Crippen LogP contribution in [0.4, 0.5) is 10.1 Å². The van der Waals surface area contributed by atoms with Gasteiger partial charge in [-0.2, -0.15) is 0 Å². The standard InChI is InChI=1S/C12H17BrClFN2O3S/c1-6(2)3-7(18)5-17-21(19,20)9-4-8(14)10(13)12(16)11(9)15/h4,6-7,17-18H,3,5,16H2,1-2H3. The first-order valence-electron chi connectivity index (χ1n) is 6.17. The lowest BCUT2D eigenvalue weighted by molar-refractivity contribution is 0.152. The lowest BCUT2D eigenvalue weighted by Gasteiger charge is -2.15. The van der Waals surface area contributed by atoms with E-state index in [1.807, 2.05) is 13.8 Å². The maximum absolute atomic E-state index is 14.0. The molecule has 1 aromatic carbocycles. The van der Waals surface area contributed by atoms with E-state index in [1.165, 1.54) is 0 Å². The molecule has 0 aliphatic heterocycles. The first kappa shape index (κ1) is 18.6. The number of aliphatic hydroxyl groups is 1. The Morgan fingerprint density at radius 2 is 2.10 bits per heavy atom. The molecule has 120 valence electrons. The van der Waals surface area contributed by atoms with E-state index in [1.54, 1.807) is 0 Å². The molecule has 0 radical (unpaired) electrons. The number of halogens is 3. The Balaban J connectivity index is 2.99. The summed E-state index contributed by atoms with van der Waals surface area (Å²) < 4.78 is 40.4. The number of sulfonamides is 1. The Kier molecular flexibility index (Phi) is 6.42. The van der Waals surface area contributed by atoms with Crippen molar-refractivity contribution in [2.24, 2.45) is 5.92 Å². The van der Waals surface area contributed by atoms with E-state index in [2.05, 4.69) is 20.7 Å². The summed E-state index contributed by atoms with van der Waals surface area (Å²) in [6, 6.07) is 0.967. The number of nitrogens with one attached hydrogen (secondary N) is 1. The number of nitrogen functional groups attached to an aromatic ring is 1. The van der Waals surface area contributed by atoms with Crippen LogP contribution in [-0.4, -0.2) is 26.2 Å². The van der Waals surface area contributed by atoms with Gasteiger partial charge < -0.3 is 10.8 Å². The molecule has 4 N–H and O–H groups in total. The van der Waals surface area contributed by atoms with Crippen molar-refractivity contribution >= 4 is 43.2 Å². The van der Waals surface area contributed by atoms with Gasteiger partial charge in [-0.1, -0.05) is 25.4 Å². The second-order valence-electron chi connectivity index (χ2n) is 5.03. The maximum atomic E-state index is 14.0. The van der Waals surface area contributed by atoms with Crippen LogP contribution in [0.15, 0.2) is 15.4 Å². The zero-order valence-corrected chi connectivity index (χ0v) is 14.7. The fourth-order valence-electron chi connectivity index (χ4n) is 1.71. The summed E-state index contributed by atoms with van der Waals surface area (Å²) in [5, 5.41) is 9.66. The minimum Gasteiger partial charge on any atom is -0.395 e. The number of nitrogens with two attached hydrogens (primary N) is 1. The maximum Gasteiger partial charge on any atom is 0.243 e. The highest BCUT2D eigenvalue weighted by atomic mass is 79.9. The van der Waals surface area contributed by atoms with Gasteiger partial charge in [0.2, 0.25) is 10.0 Å². The molecule has 21 heavy (non-hydrogen) atoms. The zero-order chi connectivity index (χ0) is 16.4. The Hall–Kier alpha value is -0.410. The highest BCUT2D eigenvalue weighted by Gasteiger charge is 2.24. The Labute approximate surface area is 136 Å². The van der Waals surface area contributed by atoms with Crippen LogP contribution in [0.5, 0.6) is 0 Å². The predicted octanol–water partition coefficient (Wildman–Crippen LogP) is 2.51. The van der Waals surface area contributed by atoms with Crippen LogP contribution < -0.4 is 10.5 Å². The van der Waals surface area contributed by atoms with Crippen LogP contribution in [0.1, 0.15) is 20.3 Å². The van der Waals surface area contributed by atoms with Crippen molar-refractivity contribution in [3.63, 3.8) is 0 Å². The molecule has 0 spiro atoms. The van der Waals surface area contributed by atoms with Crippen LogP contribution in [0.25, 0.3) is 0 Å². The number of hydrogen-bond donors (Lipinski definition) is 3. The van der Waals surface area contributed by atoms with Gasteiger partial charge in [0, 0.05) is 6.54 Å². The molecule has 0 aliphatic carbocycles. The second kappa shape index (κ2) is 7.23. The van der Waals surface area contributed by atoms with Gasteiger partial charge in [0.1, 0.15) is 4.90 Å². The monoisotopic (exact) mass is 402 g/mol. The number of benzene rings is 1. The van der Waals surface area contributed by atoms with Gasteiger partial charge in [-0.15, -0.1) is 0 Å². The first-order valence-corrected chi connectivity index (χ1v) is 8.82. The minimum absolute atomic E-state index is 0.0167. The molecule has 0 bridgehead atoms. The third kappa shape index (κ3) is 4.79. The molecule has 0 heterocycles. The molecule has 1 atom stereocenters. The summed E-state index contributed by atoms with van der Waals surface area (Å²) in [6.45, 7) is 3.58. The Morgan fingerprint density at radius 3 is 2.62 bits per heavy atom. The van der Waals surface area contributed by atoms with Gasteiger partial charge in [0.25, 0.3) is 0 Å². The highest BCUT2D eigenvalue weighted by molar-refractivity contribution is 9.10. The van der Waals surface area contributed by atoms with Crippen molar-refractivity contribution in [3.05, 3.63) is 21.4 Å². The summed E-state index contributed by atoms with van der Waals surface area (Å²) in [7, 11) is -4.15. The average molecular weight is 404 g/mol. The molecular weight excluding hydrogens is 387 g/mol. The van der Waals surface area contributed by atoms with E-state index in [0.29, 0.717) is 6.42 Å². The zero-order valence-electron chi connectivity index (χ0n) is 11.5. The van der Waals surface area contributed by atoms with E-state index in [4.69, 9.17) is 17.3 Å². The van der Waals surface area contributed by atoms with E-state index in [0.717, 1.165) is 6.07 Å². The number of anilines is 1. The first-order chi connectivity index (χ1) is 9.56. The molecule has 1 rings (SSSR count). The van der Waals surface area contributed by atoms with Crippen molar-refractivity contribution < 1.29 is 17.9 Å². The average Bonchev–Trinajstić information content (AvgIpc) is 2.37. The molecule has 0 aliphatic rings. The lowest BCUT2D eigenvalue weighted by Crippen LogP contribution is -2.33. The summed E-state index contributed by atoms with van der Waals surface area (Å²) >= 11 is 8.76. The quantitative estimate of drug-likeness (QED) is 0.502. The summed E-state index contributed by atoms with van der Waals surface area (Å²) in [5.41, 5.74) is 5.07. The summed E-state index contributed by atoms with van der Waals surface area (Å²) in [5.74, 6) is -0.879. The van der Waals surface area contributed by atoms with E-state index >= 15 is 0 Å². The molecule has 1 aromatic rings. The van der Waals surface area contributed by atoms with Crippen LogP contribution in [0.2, 0.25) is 5.02 Å². The van der Waals surface area contributed by atoms with Gasteiger partial charge in [0.15, 0.2) is 5.82 Å². The van der Waals surface area contributed by atoms with Crippen LogP contribution in [0.3, 0.4) is 0 Å². The molecule has 1 unspecified atom stereocenters. The minimum atomic E-state index is -4.15.